The van der Waals surface area contributed by atoms with Crippen LogP contribution in [0.4, 0.5) is 17.1 Å². The summed E-state index contributed by atoms with van der Waals surface area (Å²) in [6.07, 6.45) is 0. The first kappa shape index (κ1) is 36.0. The third-order valence-electron chi connectivity index (χ3n) is 14.5. The Morgan fingerprint density at radius 2 is 0.825 bits per heavy atom. The molecule has 0 N–H and O–H groups in total. The molecule has 0 saturated heterocycles. The van der Waals surface area contributed by atoms with E-state index in [4.69, 9.17) is 0 Å². The molecule has 10 aromatic carbocycles. The van der Waals surface area contributed by atoms with E-state index in [-0.39, 0.29) is 10.8 Å². The number of rotatable bonds is 5. The van der Waals surface area contributed by atoms with E-state index in [9.17, 15) is 0 Å². The third-order valence-corrected chi connectivity index (χ3v) is 14.5. The summed E-state index contributed by atoms with van der Waals surface area (Å²) in [5.41, 5.74) is 23.8. The molecule has 0 heterocycles. The number of hydrogen-bond donors (Lipinski definition) is 0. The van der Waals surface area contributed by atoms with Crippen LogP contribution in [-0.2, 0) is 10.8 Å². The maximum absolute atomic E-state index is 2.53. The standard InChI is InChI=1S/C62H43N/c1-61(2)51-29-13-10-26-49(51)59-57(39-42-21-6-7-23-46(42)60(59)61)63(56-34-17-12-22-44(56)40-19-4-3-5-20-40)43-37-35-41(36-38-43)45-28-18-33-55-58(45)50-27-11-16-32-54(50)62(55)52-30-14-8-24-47(52)48-25-9-15-31-53(48)62/h3-39H,1-2H3. The fourth-order valence-corrected chi connectivity index (χ4v) is 11.9. The van der Waals surface area contributed by atoms with Gasteiger partial charge < -0.3 is 4.90 Å². The van der Waals surface area contributed by atoms with E-state index in [2.05, 4.69) is 243 Å². The Kier molecular flexibility index (Phi) is 7.64. The summed E-state index contributed by atoms with van der Waals surface area (Å²) >= 11 is 0. The Morgan fingerprint density at radius 1 is 0.333 bits per heavy atom. The molecule has 0 atom stereocenters. The SMILES string of the molecule is CC1(C)c2ccccc2-c2c(N(c3ccc(-c4cccc5c4-c4ccccc4C54c5ccccc5-c5ccccc54)cc3)c3ccccc3-c3ccccc3)cc3ccccc3c21. The first-order valence-electron chi connectivity index (χ1n) is 22.2. The van der Waals surface area contributed by atoms with Gasteiger partial charge in [-0.2, -0.15) is 0 Å². The quantitative estimate of drug-likeness (QED) is 0.168. The average Bonchev–Trinajstić information content (AvgIpc) is 3.91. The maximum Gasteiger partial charge on any atom is 0.0725 e. The van der Waals surface area contributed by atoms with E-state index < -0.39 is 0 Å². The molecule has 0 fully saturated rings. The molecule has 63 heavy (non-hydrogen) atoms. The molecular weight excluding hydrogens is 759 g/mol. The fourth-order valence-electron chi connectivity index (χ4n) is 11.9. The van der Waals surface area contributed by atoms with Gasteiger partial charge in [-0.25, -0.2) is 0 Å². The molecule has 0 aromatic heterocycles. The van der Waals surface area contributed by atoms with E-state index in [1.807, 2.05) is 0 Å². The Bertz CT molecular complexity index is 3440. The number of para-hydroxylation sites is 1. The fraction of sp³-hybridized carbons (Fsp3) is 0.0645. The molecule has 0 unspecified atom stereocenters. The van der Waals surface area contributed by atoms with Gasteiger partial charge in [0, 0.05) is 22.2 Å². The van der Waals surface area contributed by atoms with Gasteiger partial charge in [-0.05, 0) is 113 Å². The summed E-state index contributed by atoms with van der Waals surface area (Å²) < 4.78 is 0. The van der Waals surface area contributed by atoms with Gasteiger partial charge in [0.1, 0.15) is 0 Å². The van der Waals surface area contributed by atoms with E-state index in [1.165, 1.54) is 105 Å². The molecule has 0 saturated carbocycles. The van der Waals surface area contributed by atoms with E-state index in [1.54, 1.807) is 0 Å². The molecule has 296 valence electrons. The van der Waals surface area contributed by atoms with Crippen LogP contribution < -0.4 is 4.90 Å². The summed E-state index contributed by atoms with van der Waals surface area (Å²) in [7, 11) is 0. The number of benzene rings is 10. The van der Waals surface area contributed by atoms with Crippen LogP contribution in [0.15, 0.2) is 224 Å². The van der Waals surface area contributed by atoms with E-state index in [0.717, 1.165) is 11.4 Å². The first-order chi connectivity index (χ1) is 31.0. The van der Waals surface area contributed by atoms with Crippen molar-refractivity contribution in [1.82, 2.24) is 0 Å². The van der Waals surface area contributed by atoms with Crippen LogP contribution in [-0.4, -0.2) is 0 Å². The van der Waals surface area contributed by atoms with Crippen molar-refractivity contribution in [3.05, 3.63) is 258 Å². The van der Waals surface area contributed by atoms with Gasteiger partial charge in [-0.3, -0.25) is 0 Å². The predicted molar refractivity (Wildman–Crippen MR) is 263 cm³/mol. The Hall–Kier alpha value is -7.74. The molecule has 10 aromatic rings. The summed E-state index contributed by atoms with van der Waals surface area (Å²) in [6.45, 7) is 4.79. The Labute approximate surface area is 369 Å². The highest BCUT2D eigenvalue weighted by Crippen LogP contribution is 2.64. The van der Waals surface area contributed by atoms with Crippen molar-refractivity contribution < 1.29 is 0 Å². The monoisotopic (exact) mass is 801 g/mol. The molecule has 13 rings (SSSR count). The topological polar surface area (TPSA) is 3.24 Å². The van der Waals surface area contributed by atoms with E-state index in [0.29, 0.717) is 0 Å². The van der Waals surface area contributed by atoms with Gasteiger partial charge in [-0.15, -0.1) is 0 Å². The van der Waals surface area contributed by atoms with Crippen molar-refractivity contribution in [1.29, 1.82) is 0 Å². The highest BCUT2D eigenvalue weighted by atomic mass is 15.1. The van der Waals surface area contributed by atoms with Crippen molar-refractivity contribution >= 4 is 27.8 Å². The molecule has 1 heteroatoms. The van der Waals surface area contributed by atoms with Gasteiger partial charge >= 0.3 is 0 Å². The van der Waals surface area contributed by atoms with Gasteiger partial charge in [0.05, 0.1) is 16.8 Å². The van der Waals surface area contributed by atoms with Crippen LogP contribution in [0.5, 0.6) is 0 Å². The molecular formula is C62H43N. The van der Waals surface area contributed by atoms with Gasteiger partial charge in [0.25, 0.3) is 0 Å². The third kappa shape index (κ3) is 4.88. The number of nitrogens with zero attached hydrogens (tertiary/aromatic N) is 1. The second-order valence-corrected chi connectivity index (χ2v) is 17.9. The van der Waals surface area contributed by atoms with Crippen molar-refractivity contribution in [2.24, 2.45) is 0 Å². The maximum atomic E-state index is 2.53. The zero-order chi connectivity index (χ0) is 41.9. The van der Waals surface area contributed by atoms with Crippen molar-refractivity contribution in [2.45, 2.75) is 24.7 Å². The van der Waals surface area contributed by atoms with Crippen LogP contribution in [0.1, 0.15) is 47.2 Å². The van der Waals surface area contributed by atoms with Crippen molar-refractivity contribution in [3.8, 4) is 55.6 Å². The normalized spacial score (nSPS) is 14.1. The van der Waals surface area contributed by atoms with E-state index >= 15 is 0 Å². The molecule has 3 aliphatic rings. The summed E-state index contributed by atoms with van der Waals surface area (Å²) in [4.78, 5) is 2.53. The van der Waals surface area contributed by atoms with Crippen LogP contribution in [0.2, 0.25) is 0 Å². The highest BCUT2D eigenvalue weighted by molar-refractivity contribution is 6.07. The predicted octanol–water partition coefficient (Wildman–Crippen LogP) is 16.3. The minimum absolute atomic E-state index is 0.183. The Balaban J connectivity index is 1.04. The first-order valence-corrected chi connectivity index (χ1v) is 22.2. The highest BCUT2D eigenvalue weighted by Gasteiger charge is 2.52. The zero-order valence-electron chi connectivity index (χ0n) is 35.3. The summed E-state index contributed by atoms with van der Waals surface area (Å²) in [5, 5.41) is 2.56. The lowest BCUT2D eigenvalue weighted by Gasteiger charge is -2.31. The minimum Gasteiger partial charge on any atom is -0.309 e. The summed E-state index contributed by atoms with van der Waals surface area (Å²) in [5.74, 6) is 0. The van der Waals surface area contributed by atoms with Crippen LogP contribution in [0, 0.1) is 0 Å². The summed E-state index contributed by atoms with van der Waals surface area (Å²) in [6, 6.07) is 83.8. The van der Waals surface area contributed by atoms with Crippen LogP contribution in [0.25, 0.3) is 66.4 Å². The molecule has 3 aliphatic carbocycles. The molecule has 0 radical (unpaired) electrons. The van der Waals surface area contributed by atoms with Crippen molar-refractivity contribution in [3.63, 3.8) is 0 Å². The van der Waals surface area contributed by atoms with Gasteiger partial charge in [0.2, 0.25) is 0 Å². The number of anilines is 3. The van der Waals surface area contributed by atoms with Crippen LogP contribution >= 0.6 is 0 Å². The molecule has 0 aliphatic heterocycles. The number of hydrogen-bond acceptors (Lipinski definition) is 1. The molecule has 0 bridgehead atoms. The lowest BCUT2D eigenvalue weighted by atomic mass is 9.70. The molecule has 0 amide bonds. The van der Waals surface area contributed by atoms with Crippen molar-refractivity contribution in [2.75, 3.05) is 4.90 Å². The average molecular weight is 802 g/mol. The minimum atomic E-state index is -0.381. The lowest BCUT2D eigenvalue weighted by molar-refractivity contribution is 0.666. The molecule has 1 spiro atoms. The second kappa shape index (κ2) is 13.4. The van der Waals surface area contributed by atoms with Gasteiger partial charge in [-0.1, -0.05) is 214 Å². The van der Waals surface area contributed by atoms with Gasteiger partial charge in [0.15, 0.2) is 0 Å². The van der Waals surface area contributed by atoms with Crippen LogP contribution in [0.3, 0.4) is 0 Å². The smallest absolute Gasteiger partial charge is 0.0725 e. The second-order valence-electron chi connectivity index (χ2n) is 17.9. The molecule has 1 nitrogen and oxygen atoms in total. The largest absolute Gasteiger partial charge is 0.309 e. The Morgan fingerprint density at radius 3 is 1.52 bits per heavy atom. The zero-order valence-corrected chi connectivity index (χ0v) is 35.3. The number of fused-ring (bicyclic) bond motifs is 15. The lowest BCUT2D eigenvalue weighted by Crippen LogP contribution is -2.25.